The summed E-state index contributed by atoms with van der Waals surface area (Å²) in [5.74, 6) is 0. The molecule has 1 heterocycles. The van der Waals surface area contributed by atoms with Gasteiger partial charge in [-0.05, 0) is 34.6 Å². The molecule has 4 heteroatoms. The fourth-order valence-corrected chi connectivity index (χ4v) is 1.78. The van der Waals surface area contributed by atoms with E-state index in [9.17, 15) is 4.79 Å². The van der Waals surface area contributed by atoms with Crippen LogP contribution in [0, 0.1) is 13.8 Å². The molecular weight excluding hydrogens is 190 g/mol. The first kappa shape index (κ1) is 11.6. The second-order valence-corrected chi connectivity index (χ2v) is 4.85. The third kappa shape index (κ3) is 1.71. The van der Waals surface area contributed by atoms with Crippen LogP contribution >= 0.6 is 0 Å². The standard InChI is InChI=1S/C11H19N3O/c1-6-8(12)7(2)14(11(3,4)5)10(15)9(6)13/h12-13H2,1-5H3. The maximum Gasteiger partial charge on any atom is 0.274 e. The Hall–Kier alpha value is -1.45. The molecular formula is C11H19N3O. The van der Waals surface area contributed by atoms with Crippen molar-refractivity contribution < 1.29 is 0 Å². The van der Waals surface area contributed by atoms with Crippen molar-refractivity contribution in [1.29, 1.82) is 0 Å². The van der Waals surface area contributed by atoms with Crippen LogP contribution in [-0.4, -0.2) is 4.57 Å². The molecule has 0 radical (unpaired) electrons. The number of rotatable bonds is 0. The van der Waals surface area contributed by atoms with E-state index in [1.54, 1.807) is 11.5 Å². The first-order valence-electron chi connectivity index (χ1n) is 4.95. The van der Waals surface area contributed by atoms with Crippen molar-refractivity contribution in [3.05, 3.63) is 21.6 Å². The van der Waals surface area contributed by atoms with E-state index in [-0.39, 0.29) is 16.8 Å². The van der Waals surface area contributed by atoms with Gasteiger partial charge in [-0.2, -0.15) is 0 Å². The summed E-state index contributed by atoms with van der Waals surface area (Å²) in [6.07, 6.45) is 0. The molecule has 1 aromatic rings. The molecule has 1 aromatic heterocycles. The maximum absolute atomic E-state index is 12.0. The van der Waals surface area contributed by atoms with Gasteiger partial charge in [-0.15, -0.1) is 0 Å². The lowest BCUT2D eigenvalue weighted by Gasteiger charge is -2.27. The third-order valence-electron chi connectivity index (χ3n) is 2.64. The number of anilines is 2. The number of aromatic nitrogens is 1. The number of nitrogen functional groups attached to an aromatic ring is 2. The minimum atomic E-state index is -0.308. The Morgan fingerprint density at radius 3 is 1.93 bits per heavy atom. The lowest BCUT2D eigenvalue weighted by atomic mass is 10.0. The molecule has 0 spiro atoms. The fraction of sp³-hybridized carbons (Fsp3) is 0.545. The fourth-order valence-electron chi connectivity index (χ4n) is 1.78. The first-order valence-corrected chi connectivity index (χ1v) is 4.95. The third-order valence-corrected chi connectivity index (χ3v) is 2.64. The van der Waals surface area contributed by atoms with Crippen LogP contribution in [0.25, 0.3) is 0 Å². The van der Waals surface area contributed by atoms with Gasteiger partial charge < -0.3 is 16.0 Å². The van der Waals surface area contributed by atoms with Gasteiger partial charge in [0, 0.05) is 16.8 Å². The highest BCUT2D eigenvalue weighted by molar-refractivity contribution is 5.62. The van der Waals surface area contributed by atoms with Crippen molar-refractivity contribution in [3.8, 4) is 0 Å². The van der Waals surface area contributed by atoms with Gasteiger partial charge in [-0.1, -0.05) is 0 Å². The summed E-state index contributed by atoms with van der Waals surface area (Å²) in [6, 6.07) is 0. The molecule has 1 rings (SSSR count). The normalized spacial score (nSPS) is 11.8. The number of hydrogen-bond donors (Lipinski definition) is 2. The van der Waals surface area contributed by atoms with E-state index in [1.165, 1.54) is 0 Å². The molecule has 0 aliphatic rings. The van der Waals surface area contributed by atoms with Crippen LogP contribution in [0.2, 0.25) is 0 Å². The zero-order valence-electron chi connectivity index (χ0n) is 10.0. The first-order chi connectivity index (χ1) is 6.68. The highest BCUT2D eigenvalue weighted by atomic mass is 16.1. The average Bonchev–Trinajstić information content (AvgIpc) is 2.09. The van der Waals surface area contributed by atoms with E-state index >= 15 is 0 Å². The predicted octanol–water partition coefficient (Wildman–Crippen LogP) is 1.38. The van der Waals surface area contributed by atoms with E-state index in [4.69, 9.17) is 11.5 Å². The second kappa shape index (κ2) is 3.29. The van der Waals surface area contributed by atoms with Crippen molar-refractivity contribution in [1.82, 2.24) is 4.57 Å². The van der Waals surface area contributed by atoms with E-state index in [0.29, 0.717) is 11.3 Å². The molecule has 0 unspecified atom stereocenters. The van der Waals surface area contributed by atoms with Gasteiger partial charge in [0.1, 0.15) is 5.69 Å². The monoisotopic (exact) mass is 209 g/mol. The van der Waals surface area contributed by atoms with Crippen LogP contribution in [0.4, 0.5) is 11.4 Å². The van der Waals surface area contributed by atoms with Gasteiger partial charge in [0.05, 0.1) is 5.69 Å². The molecule has 0 amide bonds. The van der Waals surface area contributed by atoms with Crippen LogP contribution in [0.15, 0.2) is 4.79 Å². The van der Waals surface area contributed by atoms with E-state index < -0.39 is 0 Å². The van der Waals surface area contributed by atoms with Crippen LogP contribution < -0.4 is 17.0 Å². The highest BCUT2D eigenvalue weighted by Gasteiger charge is 2.21. The predicted molar refractivity (Wildman–Crippen MR) is 64.0 cm³/mol. The summed E-state index contributed by atoms with van der Waals surface area (Å²) in [5, 5.41) is 0. The van der Waals surface area contributed by atoms with Crippen molar-refractivity contribution in [2.75, 3.05) is 11.5 Å². The summed E-state index contributed by atoms with van der Waals surface area (Å²) in [4.78, 5) is 12.0. The van der Waals surface area contributed by atoms with Crippen molar-refractivity contribution in [3.63, 3.8) is 0 Å². The molecule has 4 nitrogen and oxygen atoms in total. The summed E-state index contributed by atoms with van der Waals surface area (Å²) in [6.45, 7) is 9.47. The summed E-state index contributed by atoms with van der Waals surface area (Å²) < 4.78 is 1.64. The molecule has 0 saturated heterocycles. The van der Waals surface area contributed by atoms with Crippen LogP contribution in [0.5, 0.6) is 0 Å². The Bertz CT molecular complexity index is 452. The number of pyridine rings is 1. The van der Waals surface area contributed by atoms with Gasteiger partial charge in [-0.3, -0.25) is 4.79 Å². The Labute approximate surface area is 89.9 Å². The summed E-state index contributed by atoms with van der Waals surface area (Å²) in [5.41, 5.74) is 13.5. The minimum absolute atomic E-state index is 0.160. The topological polar surface area (TPSA) is 74.0 Å². The molecule has 84 valence electrons. The molecule has 0 aliphatic carbocycles. The van der Waals surface area contributed by atoms with E-state index in [0.717, 1.165) is 5.69 Å². The van der Waals surface area contributed by atoms with Gasteiger partial charge in [0.25, 0.3) is 5.56 Å². The minimum Gasteiger partial charge on any atom is -0.397 e. The molecule has 0 bridgehead atoms. The highest BCUT2D eigenvalue weighted by Crippen LogP contribution is 2.23. The molecule has 0 aromatic carbocycles. The molecule has 15 heavy (non-hydrogen) atoms. The quantitative estimate of drug-likeness (QED) is 0.678. The van der Waals surface area contributed by atoms with Gasteiger partial charge in [-0.25, -0.2) is 0 Å². The Kier molecular flexibility index (Phi) is 2.55. The van der Waals surface area contributed by atoms with Gasteiger partial charge >= 0.3 is 0 Å². The Morgan fingerprint density at radius 2 is 1.53 bits per heavy atom. The number of nitrogens with zero attached hydrogens (tertiary/aromatic N) is 1. The maximum atomic E-state index is 12.0. The molecule has 0 fully saturated rings. The van der Waals surface area contributed by atoms with E-state index in [1.807, 2.05) is 27.7 Å². The lowest BCUT2D eigenvalue weighted by Crippen LogP contribution is -2.37. The summed E-state index contributed by atoms with van der Waals surface area (Å²) in [7, 11) is 0. The SMILES string of the molecule is Cc1c(N)c(C)n(C(C)(C)C)c(=O)c1N. The number of nitrogens with two attached hydrogens (primary N) is 2. The molecule has 0 atom stereocenters. The largest absolute Gasteiger partial charge is 0.397 e. The molecule has 0 aliphatic heterocycles. The molecule has 0 saturated carbocycles. The van der Waals surface area contributed by atoms with Crippen LogP contribution in [-0.2, 0) is 5.54 Å². The van der Waals surface area contributed by atoms with E-state index in [2.05, 4.69) is 0 Å². The summed E-state index contributed by atoms with van der Waals surface area (Å²) >= 11 is 0. The van der Waals surface area contributed by atoms with Crippen LogP contribution in [0.1, 0.15) is 32.0 Å². The van der Waals surface area contributed by atoms with Crippen molar-refractivity contribution in [2.24, 2.45) is 0 Å². The Morgan fingerprint density at radius 1 is 1.07 bits per heavy atom. The zero-order valence-corrected chi connectivity index (χ0v) is 10.0. The average molecular weight is 209 g/mol. The van der Waals surface area contributed by atoms with Crippen molar-refractivity contribution >= 4 is 11.4 Å². The number of hydrogen-bond acceptors (Lipinski definition) is 3. The van der Waals surface area contributed by atoms with Crippen molar-refractivity contribution in [2.45, 2.75) is 40.2 Å². The van der Waals surface area contributed by atoms with Gasteiger partial charge in [0.15, 0.2) is 0 Å². The Balaban J connectivity index is 3.77. The lowest BCUT2D eigenvalue weighted by molar-refractivity contribution is 0.377. The molecule has 4 N–H and O–H groups in total. The second-order valence-electron chi connectivity index (χ2n) is 4.85. The van der Waals surface area contributed by atoms with Crippen LogP contribution in [0.3, 0.4) is 0 Å². The van der Waals surface area contributed by atoms with Gasteiger partial charge in [0.2, 0.25) is 0 Å². The zero-order chi connectivity index (χ0) is 12.0. The smallest absolute Gasteiger partial charge is 0.274 e.